The standard InChI is InChI=1S/C20H29FO6S/c1-2-3-4-15(20(25)26)18-16(23)9-17(24)19(18)28-11-13(22)10-27-14-7-5-12(21)6-8-14/h5-8,13,15-19,22-24H,2-4,9-11H2,1H3,(H,25,26). The summed E-state index contributed by atoms with van der Waals surface area (Å²) >= 11 is 1.27. The first-order valence-electron chi connectivity index (χ1n) is 9.60. The maximum atomic E-state index is 12.9. The van der Waals surface area contributed by atoms with E-state index in [1.54, 1.807) is 0 Å². The Bertz CT molecular complexity index is 613. The van der Waals surface area contributed by atoms with E-state index in [1.165, 1.54) is 36.0 Å². The van der Waals surface area contributed by atoms with Gasteiger partial charge in [0, 0.05) is 23.3 Å². The molecule has 6 unspecified atom stereocenters. The van der Waals surface area contributed by atoms with Gasteiger partial charge in [0.1, 0.15) is 18.2 Å². The van der Waals surface area contributed by atoms with Crippen LogP contribution in [0.1, 0.15) is 32.6 Å². The molecule has 1 aliphatic carbocycles. The van der Waals surface area contributed by atoms with E-state index in [0.29, 0.717) is 12.2 Å². The van der Waals surface area contributed by atoms with Gasteiger partial charge in [-0.15, -0.1) is 0 Å². The zero-order valence-electron chi connectivity index (χ0n) is 15.9. The zero-order valence-corrected chi connectivity index (χ0v) is 16.7. The number of aliphatic hydroxyl groups is 3. The highest BCUT2D eigenvalue weighted by atomic mass is 32.2. The highest BCUT2D eigenvalue weighted by molar-refractivity contribution is 8.00. The van der Waals surface area contributed by atoms with E-state index in [2.05, 4.69) is 0 Å². The van der Waals surface area contributed by atoms with Gasteiger partial charge in [0.05, 0.1) is 24.2 Å². The number of halogens is 1. The summed E-state index contributed by atoms with van der Waals surface area (Å²) in [7, 11) is 0. The van der Waals surface area contributed by atoms with Gasteiger partial charge >= 0.3 is 5.97 Å². The summed E-state index contributed by atoms with van der Waals surface area (Å²) < 4.78 is 18.3. The lowest BCUT2D eigenvalue weighted by Gasteiger charge is -2.29. The predicted molar refractivity (Wildman–Crippen MR) is 105 cm³/mol. The van der Waals surface area contributed by atoms with E-state index in [9.17, 15) is 29.6 Å². The minimum atomic E-state index is -0.961. The van der Waals surface area contributed by atoms with Crippen LogP contribution in [0, 0.1) is 17.7 Å². The number of carbonyl (C=O) groups is 1. The molecule has 1 saturated carbocycles. The lowest BCUT2D eigenvalue weighted by molar-refractivity contribution is -0.145. The number of carboxylic acid groups (broad SMARTS) is 1. The van der Waals surface area contributed by atoms with Crippen LogP contribution >= 0.6 is 11.8 Å². The number of unbranched alkanes of at least 4 members (excludes halogenated alkanes) is 1. The monoisotopic (exact) mass is 416 g/mol. The largest absolute Gasteiger partial charge is 0.491 e. The van der Waals surface area contributed by atoms with Crippen LogP contribution in [0.15, 0.2) is 24.3 Å². The molecule has 1 aromatic carbocycles. The molecular formula is C20H29FO6S. The van der Waals surface area contributed by atoms with Gasteiger partial charge in [0.25, 0.3) is 0 Å². The van der Waals surface area contributed by atoms with Crippen LogP contribution in [0.2, 0.25) is 0 Å². The van der Waals surface area contributed by atoms with E-state index >= 15 is 0 Å². The average molecular weight is 417 g/mol. The van der Waals surface area contributed by atoms with Crippen molar-refractivity contribution in [3.63, 3.8) is 0 Å². The molecule has 2 rings (SSSR count). The highest BCUT2D eigenvalue weighted by Gasteiger charge is 2.48. The topological polar surface area (TPSA) is 107 Å². The van der Waals surface area contributed by atoms with Crippen molar-refractivity contribution in [2.75, 3.05) is 12.4 Å². The Labute approximate surface area is 168 Å². The molecule has 8 heteroatoms. The van der Waals surface area contributed by atoms with Crippen LogP contribution < -0.4 is 4.74 Å². The Morgan fingerprint density at radius 1 is 1.29 bits per heavy atom. The second-order valence-corrected chi connectivity index (χ2v) is 8.46. The van der Waals surface area contributed by atoms with E-state index in [1.807, 2.05) is 6.92 Å². The molecule has 0 aromatic heterocycles. The number of ether oxygens (including phenoxy) is 1. The van der Waals surface area contributed by atoms with Crippen LogP contribution in [0.3, 0.4) is 0 Å². The van der Waals surface area contributed by atoms with Crippen molar-refractivity contribution in [2.45, 2.75) is 56.2 Å². The van der Waals surface area contributed by atoms with Gasteiger partial charge in [-0.25, -0.2) is 4.39 Å². The summed E-state index contributed by atoms with van der Waals surface area (Å²) in [6, 6.07) is 5.46. The van der Waals surface area contributed by atoms with Crippen molar-refractivity contribution < 1.29 is 34.3 Å². The van der Waals surface area contributed by atoms with Gasteiger partial charge < -0.3 is 25.2 Å². The molecule has 1 aromatic rings. The van der Waals surface area contributed by atoms with Gasteiger partial charge in [-0.05, 0) is 30.7 Å². The molecule has 158 valence electrons. The highest BCUT2D eigenvalue weighted by Crippen LogP contribution is 2.42. The summed E-state index contributed by atoms with van der Waals surface area (Å²) in [6.07, 6.45) is -0.362. The second-order valence-electron chi connectivity index (χ2n) is 7.25. The number of hydrogen-bond donors (Lipinski definition) is 4. The molecule has 6 nitrogen and oxygen atoms in total. The molecule has 28 heavy (non-hydrogen) atoms. The van der Waals surface area contributed by atoms with Crippen LogP contribution in [-0.4, -0.2) is 62.3 Å². The minimum absolute atomic E-state index is 0.00708. The van der Waals surface area contributed by atoms with E-state index in [4.69, 9.17) is 4.74 Å². The first-order valence-corrected chi connectivity index (χ1v) is 10.6. The molecule has 1 fully saturated rings. The van der Waals surface area contributed by atoms with Crippen LogP contribution in [-0.2, 0) is 4.79 Å². The Hall–Kier alpha value is -1.35. The molecule has 1 aliphatic rings. The van der Waals surface area contributed by atoms with E-state index in [-0.39, 0.29) is 24.6 Å². The SMILES string of the molecule is CCCCC(C(=O)O)C1C(O)CC(O)C1SCC(O)COc1ccc(F)cc1. The summed E-state index contributed by atoms with van der Waals surface area (Å²) in [6.45, 7) is 1.97. The maximum absolute atomic E-state index is 12.9. The molecule has 0 aliphatic heterocycles. The minimum Gasteiger partial charge on any atom is -0.491 e. The maximum Gasteiger partial charge on any atom is 0.306 e. The van der Waals surface area contributed by atoms with Crippen molar-refractivity contribution in [3.8, 4) is 5.75 Å². The summed E-state index contributed by atoms with van der Waals surface area (Å²) in [5, 5.41) is 39.9. The Morgan fingerprint density at radius 3 is 2.57 bits per heavy atom. The van der Waals surface area contributed by atoms with E-state index in [0.717, 1.165) is 12.8 Å². The summed E-state index contributed by atoms with van der Waals surface area (Å²) in [5.74, 6) is -1.96. The molecule has 0 heterocycles. The van der Waals surface area contributed by atoms with Gasteiger partial charge in [0.2, 0.25) is 0 Å². The number of hydrogen-bond acceptors (Lipinski definition) is 6. The normalized spacial score (nSPS) is 26.8. The average Bonchev–Trinajstić information content (AvgIpc) is 2.93. The summed E-state index contributed by atoms with van der Waals surface area (Å²) in [4.78, 5) is 11.7. The predicted octanol–water partition coefficient (Wildman–Crippen LogP) is 2.30. The Kier molecular flexibility index (Phi) is 9.01. The third kappa shape index (κ3) is 6.34. The fraction of sp³-hybridized carbons (Fsp3) is 0.650. The van der Waals surface area contributed by atoms with Crippen LogP contribution in [0.5, 0.6) is 5.75 Å². The Morgan fingerprint density at radius 2 is 1.96 bits per heavy atom. The molecule has 0 bridgehead atoms. The molecular weight excluding hydrogens is 387 g/mol. The molecule has 0 amide bonds. The molecule has 0 spiro atoms. The third-order valence-electron chi connectivity index (χ3n) is 5.07. The van der Waals surface area contributed by atoms with Gasteiger partial charge in [-0.2, -0.15) is 11.8 Å². The summed E-state index contributed by atoms with van der Waals surface area (Å²) in [5.41, 5.74) is 0. The number of carboxylic acids is 1. The van der Waals surface area contributed by atoms with Gasteiger partial charge in [-0.1, -0.05) is 19.8 Å². The van der Waals surface area contributed by atoms with Crippen molar-refractivity contribution in [2.24, 2.45) is 11.8 Å². The van der Waals surface area contributed by atoms with Crippen LogP contribution in [0.25, 0.3) is 0 Å². The molecule has 0 saturated heterocycles. The smallest absolute Gasteiger partial charge is 0.306 e. The zero-order chi connectivity index (χ0) is 20.7. The van der Waals surface area contributed by atoms with Crippen molar-refractivity contribution in [1.29, 1.82) is 0 Å². The molecule has 4 N–H and O–H groups in total. The lowest BCUT2D eigenvalue weighted by atomic mass is 9.85. The number of aliphatic hydroxyl groups excluding tert-OH is 3. The van der Waals surface area contributed by atoms with Gasteiger partial charge in [-0.3, -0.25) is 4.79 Å². The van der Waals surface area contributed by atoms with Crippen molar-refractivity contribution in [3.05, 3.63) is 30.1 Å². The first-order chi connectivity index (χ1) is 13.3. The first kappa shape index (κ1) is 22.9. The number of aliphatic carboxylic acids is 1. The number of rotatable bonds is 11. The van der Waals surface area contributed by atoms with Gasteiger partial charge in [0.15, 0.2) is 0 Å². The molecule has 6 atom stereocenters. The number of thioether (sulfide) groups is 1. The van der Waals surface area contributed by atoms with Crippen LogP contribution in [0.4, 0.5) is 4.39 Å². The fourth-order valence-electron chi connectivity index (χ4n) is 3.63. The lowest BCUT2D eigenvalue weighted by Crippen LogP contribution is -2.37. The van der Waals surface area contributed by atoms with E-state index < -0.39 is 41.4 Å². The Balaban J connectivity index is 1.91. The molecule has 0 radical (unpaired) electrons. The van der Waals surface area contributed by atoms with Crippen molar-refractivity contribution >= 4 is 17.7 Å². The fourth-order valence-corrected chi connectivity index (χ4v) is 5.10. The third-order valence-corrected chi connectivity index (χ3v) is 6.66. The second kappa shape index (κ2) is 11.0. The quantitative estimate of drug-likeness (QED) is 0.438. The number of benzene rings is 1. The van der Waals surface area contributed by atoms with Crippen molar-refractivity contribution in [1.82, 2.24) is 0 Å².